The largest absolute Gasteiger partial charge is 0.396 e. The van der Waals surface area contributed by atoms with Gasteiger partial charge in [0, 0.05) is 34.2 Å². The molecule has 0 saturated heterocycles. The van der Waals surface area contributed by atoms with E-state index in [2.05, 4.69) is 21.1 Å². The van der Waals surface area contributed by atoms with Crippen molar-refractivity contribution >= 4 is 27.5 Å². The molecule has 0 unspecified atom stereocenters. The van der Waals surface area contributed by atoms with Gasteiger partial charge in [0.2, 0.25) is 0 Å². The van der Waals surface area contributed by atoms with E-state index in [1.54, 1.807) is 0 Å². The topological polar surface area (TPSA) is 46.3 Å². The third kappa shape index (κ3) is 3.09. The molecule has 0 radical (unpaired) electrons. The highest BCUT2D eigenvalue weighted by molar-refractivity contribution is 9.10. The molecule has 17 heavy (non-hydrogen) atoms. The fraction of sp³-hybridized carbons (Fsp3) is 0.250. The molecule has 0 bridgehead atoms. The molecule has 3 nitrogen and oxygen atoms in total. The Morgan fingerprint density at radius 2 is 2.18 bits per heavy atom. The van der Waals surface area contributed by atoms with Crippen molar-refractivity contribution in [1.29, 1.82) is 0 Å². The second-order valence-corrected chi connectivity index (χ2v) is 4.92. The van der Waals surface area contributed by atoms with E-state index in [0.29, 0.717) is 17.9 Å². The van der Waals surface area contributed by atoms with Crippen LogP contribution in [0.15, 0.2) is 33.3 Å². The van der Waals surface area contributed by atoms with Crippen molar-refractivity contribution in [3.63, 3.8) is 0 Å². The SMILES string of the molecule is OCCCc1cc(-c2ccc(Cl)cc2Br)no1. The van der Waals surface area contributed by atoms with Gasteiger partial charge in [0.05, 0.1) is 0 Å². The normalized spacial score (nSPS) is 10.8. The van der Waals surface area contributed by atoms with Gasteiger partial charge < -0.3 is 9.63 Å². The first-order valence-corrected chi connectivity index (χ1v) is 6.39. The van der Waals surface area contributed by atoms with Crippen molar-refractivity contribution in [2.24, 2.45) is 0 Å². The Labute approximate surface area is 113 Å². The maximum absolute atomic E-state index is 8.74. The minimum absolute atomic E-state index is 0.153. The fourth-order valence-corrected chi connectivity index (χ4v) is 2.39. The highest BCUT2D eigenvalue weighted by Crippen LogP contribution is 2.30. The average Bonchev–Trinajstić information content (AvgIpc) is 2.75. The summed E-state index contributed by atoms with van der Waals surface area (Å²) in [4.78, 5) is 0. The second kappa shape index (κ2) is 5.67. The lowest BCUT2D eigenvalue weighted by Gasteiger charge is -1.99. The van der Waals surface area contributed by atoms with E-state index in [1.165, 1.54) is 0 Å². The molecule has 2 rings (SSSR count). The molecule has 1 heterocycles. The first kappa shape index (κ1) is 12.6. The number of hydrogen-bond donors (Lipinski definition) is 1. The van der Waals surface area contributed by atoms with Crippen LogP contribution in [0, 0.1) is 0 Å². The van der Waals surface area contributed by atoms with Gasteiger partial charge in [0.25, 0.3) is 0 Å². The first-order chi connectivity index (χ1) is 8.20. The molecule has 0 spiro atoms. The molecule has 2 aromatic rings. The standard InChI is InChI=1S/C12H11BrClNO2/c13-11-6-8(14)3-4-10(11)12-7-9(17-15-12)2-1-5-16/h3-4,6-7,16H,1-2,5H2. The Bertz CT molecular complexity index is 513. The lowest BCUT2D eigenvalue weighted by Crippen LogP contribution is -1.86. The maximum Gasteiger partial charge on any atom is 0.137 e. The van der Waals surface area contributed by atoms with Crippen LogP contribution >= 0.6 is 27.5 Å². The molecule has 0 amide bonds. The molecular formula is C12H11BrClNO2. The Balaban J connectivity index is 2.24. The van der Waals surface area contributed by atoms with E-state index < -0.39 is 0 Å². The van der Waals surface area contributed by atoms with Crippen LogP contribution in [-0.2, 0) is 6.42 Å². The highest BCUT2D eigenvalue weighted by Gasteiger charge is 2.09. The zero-order valence-electron chi connectivity index (χ0n) is 8.99. The molecular weight excluding hydrogens is 305 g/mol. The summed E-state index contributed by atoms with van der Waals surface area (Å²) in [5, 5.41) is 13.4. The van der Waals surface area contributed by atoms with Crippen molar-refractivity contribution in [2.75, 3.05) is 6.61 Å². The van der Waals surface area contributed by atoms with Gasteiger partial charge in [-0.1, -0.05) is 38.8 Å². The molecule has 0 atom stereocenters. The molecule has 5 heteroatoms. The van der Waals surface area contributed by atoms with Crippen LogP contribution in [0.1, 0.15) is 12.2 Å². The quantitative estimate of drug-likeness (QED) is 0.936. The second-order valence-electron chi connectivity index (χ2n) is 3.63. The number of nitrogens with zero attached hydrogens (tertiary/aromatic N) is 1. The zero-order chi connectivity index (χ0) is 12.3. The molecule has 0 fully saturated rings. The number of rotatable bonds is 4. The number of benzene rings is 1. The van der Waals surface area contributed by atoms with Gasteiger partial charge in [-0.05, 0) is 18.6 Å². The van der Waals surface area contributed by atoms with E-state index in [0.717, 1.165) is 21.5 Å². The fourth-order valence-electron chi connectivity index (χ4n) is 1.51. The van der Waals surface area contributed by atoms with Crippen molar-refractivity contribution in [3.8, 4) is 11.3 Å². The average molecular weight is 317 g/mol. The van der Waals surface area contributed by atoms with E-state index in [-0.39, 0.29) is 6.61 Å². The van der Waals surface area contributed by atoms with Gasteiger partial charge in [0.1, 0.15) is 11.5 Å². The first-order valence-electron chi connectivity index (χ1n) is 5.22. The van der Waals surface area contributed by atoms with Crippen LogP contribution in [0.25, 0.3) is 11.3 Å². The van der Waals surface area contributed by atoms with Crippen molar-refractivity contribution in [3.05, 3.63) is 39.5 Å². The molecule has 0 aliphatic carbocycles. The number of hydrogen-bond acceptors (Lipinski definition) is 3. The third-order valence-corrected chi connectivity index (χ3v) is 3.24. The summed E-state index contributed by atoms with van der Waals surface area (Å²) in [7, 11) is 0. The number of aliphatic hydroxyl groups excluding tert-OH is 1. The number of aryl methyl sites for hydroxylation is 1. The monoisotopic (exact) mass is 315 g/mol. The van der Waals surface area contributed by atoms with E-state index in [1.807, 2.05) is 24.3 Å². The summed E-state index contributed by atoms with van der Waals surface area (Å²) in [5.41, 5.74) is 1.70. The lowest BCUT2D eigenvalue weighted by atomic mass is 10.1. The van der Waals surface area contributed by atoms with Crippen LogP contribution < -0.4 is 0 Å². The minimum atomic E-state index is 0.153. The highest BCUT2D eigenvalue weighted by atomic mass is 79.9. The van der Waals surface area contributed by atoms with Crippen LogP contribution in [0.4, 0.5) is 0 Å². The van der Waals surface area contributed by atoms with E-state index in [9.17, 15) is 0 Å². The zero-order valence-corrected chi connectivity index (χ0v) is 11.3. The number of halogens is 2. The summed E-state index contributed by atoms with van der Waals surface area (Å²) in [6.45, 7) is 0.153. The van der Waals surface area contributed by atoms with Crippen LogP contribution in [0.2, 0.25) is 5.02 Å². The molecule has 90 valence electrons. The number of aromatic nitrogens is 1. The van der Waals surface area contributed by atoms with Crippen molar-refractivity contribution in [1.82, 2.24) is 5.16 Å². The minimum Gasteiger partial charge on any atom is -0.396 e. The Morgan fingerprint density at radius 3 is 2.88 bits per heavy atom. The van der Waals surface area contributed by atoms with Gasteiger partial charge in [0.15, 0.2) is 0 Å². The summed E-state index contributed by atoms with van der Waals surface area (Å²) in [6, 6.07) is 7.40. The molecule has 1 aromatic carbocycles. The third-order valence-electron chi connectivity index (χ3n) is 2.35. The van der Waals surface area contributed by atoms with Crippen LogP contribution in [0.5, 0.6) is 0 Å². The predicted octanol–water partition coefficient (Wildman–Crippen LogP) is 3.68. The van der Waals surface area contributed by atoms with Gasteiger partial charge in [-0.15, -0.1) is 0 Å². The van der Waals surface area contributed by atoms with Gasteiger partial charge in [-0.25, -0.2) is 0 Å². The van der Waals surface area contributed by atoms with Gasteiger partial charge >= 0.3 is 0 Å². The molecule has 0 saturated carbocycles. The Hall–Kier alpha value is -0.840. The van der Waals surface area contributed by atoms with Gasteiger partial charge in [-0.2, -0.15) is 0 Å². The van der Waals surface area contributed by atoms with Crippen molar-refractivity contribution in [2.45, 2.75) is 12.8 Å². The molecule has 1 aromatic heterocycles. The van der Waals surface area contributed by atoms with Gasteiger partial charge in [-0.3, -0.25) is 0 Å². The summed E-state index contributed by atoms with van der Waals surface area (Å²) in [5.74, 6) is 0.774. The summed E-state index contributed by atoms with van der Waals surface area (Å²) in [6.07, 6.45) is 1.37. The molecule has 1 N–H and O–H groups in total. The maximum atomic E-state index is 8.74. The Kier molecular flexibility index (Phi) is 4.20. The summed E-state index contributed by atoms with van der Waals surface area (Å²) >= 11 is 9.32. The Morgan fingerprint density at radius 1 is 1.35 bits per heavy atom. The van der Waals surface area contributed by atoms with E-state index >= 15 is 0 Å². The predicted molar refractivity (Wildman–Crippen MR) is 70.1 cm³/mol. The lowest BCUT2D eigenvalue weighted by molar-refractivity contribution is 0.280. The van der Waals surface area contributed by atoms with Crippen molar-refractivity contribution < 1.29 is 9.63 Å². The smallest absolute Gasteiger partial charge is 0.137 e. The number of aliphatic hydroxyl groups is 1. The molecule has 0 aliphatic rings. The summed E-state index contributed by atoms with van der Waals surface area (Å²) < 4.78 is 6.07. The van der Waals surface area contributed by atoms with Crippen LogP contribution in [0.3, 0.4) is 0 Å². The molecule has 0 aliphatic heterocycles. The van der Waals surface area contributed by atoms with E-state index in [4.69, 9.17) is 21.2 Å². The van der Waals surface area contributed by atoms with Crippen LogP contribution in [-0.4, -0.2) is 16.9 Å².